The summed E-state index contributed by atoms with van der Waals surface area (Å²) in [4.78, 5) is 13.4. The highest BCUT2D eigenvalue weighted by atomic mass is 35.5. The molecule has 3 aromatic heterocycles. The fourth-order valence-corrected chi connectivity index (χ4v) is 6.97. The Morgan fingerprint density at radius 1 is 1.15 bits per heavy atom. The van der Waals surface area contributed by atoms with Crippen LogP contribution in [0, 0.1) is 17.0 Å². The van der Waals surface area contributed by atoms with E-state index in [1.165, 1.54) is 23.3 Å². The third kappa shape index (κ3) is 3.95. The second-order valence-corrected chi connectivity index (χ2v) is 13.4. The van der Waals surface area contributed by atoms with Crippen LogP contribution < -0.4 is 0 Å². The van der Waals surface area contributed by atoms with Gasteiger partial charge in [-0.15, -0.1) is 10.2 Å². The highest BCUT2D eigenvalue weighted by molar-refractivity contribution is 7.90. The minimum atomic E-state index is -3.15. The largest absolute Gasteiger partial charge is 0.252 e. The zero-order valence-corrected chi connectivity index (χ0v) is 22.9. The average Bonchev–Trinajstić information content (AvgIpc) is 3.53. The number of hydrogen-bond donors (Lipinski definition) is 0. The summed E-state index contributed by atoms with van der Waals surface area (Å²) in [6.07, 6.45) is 6.05. The summed E-state index contributed by atoms with van der Waals surface area (Å²) in [6, 6.07) is 5.86. The van der Waals surface area contributed by atoms with Crippen LogP contribution in [0.15, 0.2) is 36.8 Å². The number of aryl methyl sites for hydroxylation is 1. The van der Waals surface area contributed by atoms with Crippen molar-refractivity contribution in [3.05, 3.63) is 76.2 Å². The van der Waals surface area contributed by atoms with Gasteiger partial charge >= 0.3 is 0 Å². The van der Waals surface area contributed by atoms with E-state index in [1.807, 2.05) is 6.07 Å². The molecule has 9 nitrogen and oxygen atoms in total. The van der Waals surface area contributed by atoms with Crippen molar-refractivity contribution in [2.75, 3.05) is 12.0 Å². The predicted octanol–water partition coefficient (Wildman–Crippen LogP) is 4.24. The molecule has 2 aliphatic rings. The molecule has 1 aromatic carbocycles. The van der Waals surface area contributed by atoms with Crippen molar-refractivity contribution in [2.24, 2.45) is 5.41 Å². The molecule has 2 atom stereocenters. The van der Waals surface area contributed by atoms with Crippen molar-refractivity contribution in [3.63, 3.8) is 0 Å². The van der Waals surface area contributed by atoms with E-state index in [0.29, 0.717) is 11.8 Å². The molecule has 3 heterocycles. The smallest absolute Gasteiger partial charge is 0.229 e. The van der Waals surface area contributed by atoms with Gasteiger partial charge in [-0.05, 0) is 54.0 Å². The summed E-state index contributed by atoms with van der Waals surface area (Å²) in [7, 11) is -3.15. The number of halogens is 3. The van der Waals surface area contributed by atoms with Crippen molar-refractivity contribution < 1.29 is 17.2 Å². The lowest BCUT2D eigenvalue weighted by Crippen LogP contribution is -2.38. The molecule has 0 radical (unpaired) electrons. The van der Waals surface area contributed by atoms with Crippen LogP contribution in [0.3, 0.4) is 0 Å². The van der Waals surface area contributed by atoms with E-state index in [2.05, 4.69) is 39.1 Å². The summed E-state index contributed by atoms with van der Waals surface area (Å²) in [5, 5.41) is 13.0. The van der Waals surface area contributed by atoms with Crippen LogP contribution in [-0.2, 0) is 21.7 Å². The zero-order chi connectivity index (χ0) is 27.7. The maximum absolute atomic E-state index is 14.8. The van der Waals surface area contributed by atoms with Gasteiger partial charge in [0.05, 0.1) is 38.8 Å². The number of benzene rings is 1. The Kier molecular flexibility index (Phi) is 5.85. The first-order valence-electron chi connectivity index (χ1n) is 12.4. The van der Waals surface area contributed by atoms with Crippen LogP contribution in [0.4, 0.5) is 8.78 Å². The molecule has 1 unspecified atom stereocenters. The Morgan fingerprint density at radius 3 is 2.72 bits per heavy atom. The van der Waals surface area contributed by atoms with E-state index in [-0.39, 0.29) is 39.8 Å². The molecule has 0 aliphatic heterocycles. The van der Waals surface area contributed by atoms with Gasteiger partial charge in [0.2, 0.25) is 0 Å². The molecular weight excluding hydrogens is 548 g/mol. The molecule has 4 aromatic rings. The Labute approximate surface area is 228 Å². The highest BCUT2D eigenvalue weighted by Crippen LogP contribution is 2.69. The Balaban J connectivity index is 1.42. The summed E-state index contributed by atoms with van der Waals surface area (Å²) in [5.74, 6) is -0.949. The topological polar surface area (TPSA) is 116 Å². The second kappa shape index (κ2) is 8.82. The lowest BCUT2D eigenvalue weighted by Gasteiger charge is -2.37. The fraction of sp³-hybridized carbons (Fsp3) is 0.385. The maximum atomic E-state index is 14.8. The van der Waals surface area contributed by atoms with Crippen LogP contribution in [0.1, 0.15) is 55.4 Å². The SMILES string of the molecule is CC1(C)C2CC[C@]1(c1ccnc(-n3cnc(CCS(C)(=O)=O)n3)n1)c1nnc(-c3c(F)ccc(Cl)c3F)cc12. The lowest BCUT2D eigenvalue weighted by molar-refractivity contribution is 0.242. The molecule has 39 heavy (non-hydrogen) atoms. The molecule has 13 heteroatoms. The lowest BCUT2D eigenvalue weighted by atomic mass is 9.66. The molecule has 0 saturated heterocycles. The van der Waals surface area contributed by atoms with Crippen molar-refractivity contribution in [1.82, 2.24) is 34.9 Å². The summed E-state index contributed by atoms with van der Waals surface area (Å²) >= 11 is 5.93. The van der Waals surface area contributed by atoms with Gasteiger partial charge in [0.1, 0.15) is 22.0 Å². The minimum absolute atomic E-state index is 0.0585. The molecule has 0 spiro atoms. The second-order valence-electron chi connectivity index (χ2n) is 10.7. The van der Waals surface area contributed by atoms with Gasteiger partial charge in [0, 0.05) is 18.9 Å². The van der Waals surface area contributed by atoms with E-state index in [1.54, 1.807) is 12.3 Å². The molecule has 2 aliphatic carbocycles. The van der Waals surface area contributed by atoms with Crippen LogP contribution in [0.25, 0.3) is 17.2 Å². The number of sulfone groups is 1. The summed E-state index contributed by atoms with van der Waals surface area (Å²) < 4.78 is 53.9. The molecule has 202 valence electrons. The van der Waals surface area contributed by atoms with Crippen LogP contribution in [0.2, 0.25) is 5.02 Å². The van der Waals surface area contributed by atoms with Crippen LogP contribution in [0.5, 0.6) is 0 Å². The Bertz CT molecular complexity index is 1740. The average molecular weight is 572 g/mol. The summed E-state index contributed by atoms with van der Waals surface area (Å²) in [5.41, 5.74) is 1.21. The van der Waals surface area contributed by atoms with Crippen molar-refractivity contribution >= 4 is 21.4 Å². The van der Waals surface area contributed by atoms with E-state index < -0.39 is 26.9 Å². The number of fused-ring (bicyclic) bond motifs is 5. The normalized spacial score (nSPS) is 21.3. The first-order valence-corrected chi connectivity index (χ1v) is 14.8. The van der Waals surface area contributed by atoms with E-state index in [4.69, 9.17) is 16.6 Å². The van der Waals surface area contributed by atoms with Crippen molar-refractivity contribution in [1.29, 1.82) is 0 Å². The van der Waals surface area contributed by atoms with Gasteiger partial charge in [-0.25, -0.2) is 32.2 Å². The molecule has 0 N–H and O–H groups in total. The first kappa shape index (κ1) is 25.9. The molecule has 0 amide bonds. The standard InChI is InChI=1S/C26H24ClF2N7O2S/c1-25(2)15-6-9-26(25,23-14(15)12-18(33-34-23)21-17(28)5-4-16(27)22(21)29)19-7-10-30-24(32-19)36-13-31-20(35-36)8-11-39(3,37)38/h4-5,7,10,12-13,15H,6,8-9,11H2,1-3H3/t15?,26-/m0/s1. The zero-order valence-electron chi connectivity index (χ0n) is 21.4. The third-order valence-electron chi connectivity index (χ3n) is 8.20. The van der Waals surface area contributed by atoms with E-state index >= 15 is 0 Å². The van der Waals surface area contributed by atoms with Gasteiger partial charge < -0.3 is 0 Å². The fourth-order valence-electron chi connectivity index (χ4n) is 6.26. The minimum Gasteiger partial charge on any atom is -0.229 e. The maximum Gasteiger partial charge on any atom is 0.252 e. The van der Waals surface area contributed by atoms with Crippen molar-refractivity contribution in [3.8, 4) is 17.2 Å². The third-order valence-corrected chi connectivity index (χ3v) is 9.44. The number of hydrogen-bond acceptors (Lipinski definition) is 8. The monoisotopic (exact) mass is 571 g/mol. The number of nitrogens with zero attached hydrogens (tertiary/aromatic N) is 7. The molecule has 1 fully saturated rings. The van der Waals surface area contributed by atoms with Gasteiger partial charge in [0.25, 0.3) is 5.95 Å². The molecule has 2 bridgehead atoms. The van der Waals surface area contributed by atoms with Gasteiger partial charge in [0.15, 0.2) is 11.6 Å². The van der Waals surface area contributed by atoms with Crippen LogP contribution >= 0.6 is 11.6 Å². The van der Waals surface area contributed by atoms with Crippen molar-refractivity contribution in [2.45, 2.75) is 44.4 Å². The predicted molar refractivity (Wildman–Crippen MR) is 139 cm³/mol. The number of aromatic nitrogens is 7. The summed E-state index contributed by atoms with van der Waals surface area (Å²) in [6.45, 7) is 4.29. The highest BCUT2D eigenvalue weighted by Gasteiger charge is 2.65. The van der Waals surface area contributed by atoms with E-state index in [0.717, 1.165) is 35.9 Å². The quantitative estimate of drug-likeness (QED) is 0.316. The first-order chi connectivity index (χ1) is 18.4. The Morgan fingerprint density at radius 2 is 1.95 bits per heavy atom. The van der Waals surface area contributed by atoms with E-state index in [9.17, 15) is 17.2 Å². The Hall–Kier alpha value is -3.38. The molecular formula is C26H24ClF2N7O2S. The molecule has 6 rings (SSSR count). The molecule has 1 saturated carbocycles. The number of rotatable bonds is 6. The van der Waals surface area contributed by atoms with Gasteiger partial charge in [-0.1, -0.05) is 25.4 Å². The van der Waals surface area contributed by atoms with Crippen LogP contribution in [-0.4, -0.2) is 55.4 Å². The van der Waals surface area contributed by atoms with Gasteiger partial charge in [-0.2, -0.15) is 9.78 Å². The van der Waals surface area contributed by atoms with Gasteiger partial charge in [-0.3, -0.25) is 0 Å².